The molecule has 0 atom stereocenters. The van der Waals surface area contributed by atoms with Gasteiger partial charge in [-0.2, -0.15) is 0 Å². The van der Waals surface area contributed by atoms with Crippen molar-refractivity contribution in [3.8, 4) is 23.0 Å². The van der Waals surface area contributed by atoms with E-state index in [1.807, 2.05) is 275 Å². The standard InChI is InChI=1S/C36H49NO5Si2.C28H30N2O3.C28H29NO4.C27H38O5Si2/c1-28(2)31-17-12-18-32(27-31)36(3,4)37-35(39)41-24-14-26-44(7,8)42-43(5,6)25-13-23-40-33-21-19-30(20-22-33)34(38)29-15-10-9-11-16-29;1-20(2)23-11-8-12-24(19-23)28(3,4)30-27(32)29-17-18-33-25-15-13-22(14-16-25)26(31)21-9-6-5-7-10-21;1-20(2)23-11-8-12-24(19-23)28(3,4)29-27(31)33-18-17-32-25-15-13-22(14-16-25)26(30)21-9-6-5-7-10-21;1-22(2)27(29)31-19-11-21-34(5,6)32-33(3,4)20-10-18-30-25-16-14-24(15-17-25)26(28)23-12-8-7-9-13-23/h9-12,15-22,27H,1,13-14,23-26H2,2-8H3,(H,37,39);5-16,19H,1,17-18H2,2-4H3,(H2,29,30,32);5-16,19H,1,17-18H2,2-4H3,(H,29,31);7-9,12-17H,1,10-11,18-21H2,2-6H3. The van der Waals surface area contributed by atoms with Gasteiger partial charge in [-0.15, -0.1) is 0 Å². The van der Waals surface area contributed by atoms with Crippen LogP contribution in [-0.2, 0) is 43.9 Å². The first-order valence-corrected chi connectivity index (χ1v) is 61.4. The molecule has 0 heterocycles. The molecule has 0 aliphatic rings. The zero-order valence-electron chi connectivity index (χ0n) is 87.3. The molecule has 25 heteroatoms. The van der Waals surface area contributed by atoms with Crippen molar-refractivity contribution in [2.45, 2.75) is 188 Å². The monoisotopic (exact) mass is 2010 g/mol. The summed E-state index contributed by atoms with van der Waals surface area (Å²) in [4.78, 5) is 98.7. The summed E-state index contributed by atoms with van der Waals surface area (Å²) in [6.45, 7) is 55.7. The van der Waals surface area contributed by atoms with Crippen LogP contribution in [0.15, 0.2) is 323 Å². The number of rotatable bonds is 48. The SMILES string of the molecule is C=C(C)C(=O)OCCC[Si](C)(C)O[Si](C)(C)CCCOc1ccc(C(=O)c2ccccc2)cc1.C=C(C)c1cccc(C(C)(C)NC(=O)NCCOc2ccc(C(=O)c3ccccc3)cc2)c1.C=C(C)c1cccc(C(C)(C)NC(=O)OCCC[Si](C)(C)O[Si](C)(C)CCCOc2ccc(C(=O)c3ccccc3)cc2)c1.C=C(C)c1cccc(C(C)(C)NC(=O)OCCOc2ccc(C(=O)c3ccccc3)cc2)c1. The molecule has 4 amide bonds. The number of ketones is 4. The van der Waals surface area contributed by atoms with Crippen molar-refractivity contribution in [2.24, 2.45) is 0 Å². The molecule has 760 valence electrons. The fourth-order valence-corrected chi connectivity index (χ4v) is 33.2. The normalized spacial score (nSPS) is 11.4. The second kappa shape index (κ2) is 55.8. The topological polar surface area (TPSA) is 268 Å². The third kappa shape index (κ3) is 40.3. The van der Waals surface area contributed by atoms with Crippen LogP contribution in [0.2, 0.25) is 76.6 Å². The van der Waals surface area contributed by atoms with Crippen molar-refractivity contribution in [2.75, 3.05) is 52.8 Å². The van der Waals surface area contributed by atoms with Gasteiger partial charge in [0, 0.05) is 50.1 Å². The van der Waals surface area contributed by atoms with Crippen molar-refractivity contribution in [3.63, 3.8) is 0 Å². The Hall–Kier alpha value is -13.7. The number of amides is 4. The van der Waals surface area contributed by atoms with E-state index in [1.54, 1.807) is 79.7 Å². The minimum absolute atomic E-state index is 0.00767. The van der Waals surface area contributed by atoms with Gasteiger partial charge in [0.25, 0.3) is 0 Å². The van der Waals surface area contributed by atoms with Gasteiger partial charge >= 0.3 is 24.2 Å². The Balaban J connectivity index is 0.000000236. The molecule has 0 saturated carbocycles. The molecule has 4 N–H and O–H groups in total. The number of ether oxygens (including phenoxy) is 7. The van der Waals surface area contributed by atoms with E-state index in [0.717, 1.165) is 111 Å². The highest BCUT2D eigenvalue weighted by Crippen LogP contribution is 2.32. The first kappa shape index (κ1) is 116. The third-order valence-corrected chi connectivity index (χ3v) is 38.6. The lowest BCUT2D eigenvalue weighted by atomic mass is 9.92. The highest BCUT2D eigenvalue weighted by molar-refractivity contribution is 6.85. The van der Waals surface area contributed by atoms with Crippen LogP contribution in [0, 0.1) is 0 Å². The molecular weight excluding hydrogens is 1870 g/mol. The van der Waals surface area contributed by atoms with Crippen molar-refractivity contribution < 1.29 is 79.7 Å². The predicted octanol–water partition coefficient (Wildman–Crippen LogP) is 27.4. The van der Waals surface area contributed by atoms with Gasteiger partial charge < -0.3 is 62.7 Å². The number of allylic oxidation sites excluding steroid dienone is 3. The average molecular weight is 2020 g/mol. The maximum absolute atomic E-state index is 12.6. The number of carbonyl (C=O) groups excluding carboxylic acids is 8. The molecule has 0 bridgehead atoms. The summed E-state index contributed by atoms with van der Waals surface area (Å²) >= 11 is 0. The summed E-state index contributed by atoms with van der Waals surface area (Å²) in [5.74, 6) is 2.38. The van der Waals surface area contributed by atoms with Crippen molar-refractivity contribution in [1.82, 2.24) is 21.3 Å². The van der Waals surface area contributed by atoms with E-state index < -0.39 is 62.1 Å². The lowest BCUT2D eigenvalue weighted by Gasteiger charge is -2.34. The molecule has 11 rings (SSSR count). The van der Waals surface area contributed by atoms with Gasteiger partial charge in [-0.05, 0) is 320 Å². The predicted molar refractivity (Wildman–Crippen MR) is 591 cm³/mol. The molecule has 11 aromatic carbocycles. The van der Waals surface area contributed by atoms with Gasteiger partial charge in [0.15, 0.2) is 56.4 Å². The van der Waals surface area contributed by atoms with Crippen LogP contribution in [-0.4, -0.2) is 133 Å². The quantitative estimate of drug-likeness (QED) is 0.00689. The average Bonchev–Trinajstić information content (AvgIpc) is 0.822. The van der Waals surface area contributed by atoms with Crippen LogP contribution >= 0.6 is 0 Å². The van der Waals surface area contributed by atoms with Crippen LogP contribution in [0.25, 0.3) is 16.7 Å². The molecule has 0 aliphatic carbocycles. The number of benzene rings is 11. The number of nitrogens with one attached hydrogen (secondary N) is 4. The van der Waals surface area contributed by atoms with Crippen LogP contribution in [0.4, 0.5) is 14.4 Å². The summed E-state index contributed by atoms with van der Waals surface area (Å²) in [7, 11) is -7.47. The first-order valence-electron chi connectivity index (χ1n) is 49.0. The second-order valence-electron chi connectivity index (χ2n) is 39.7. The maximum Gasteiger partial charge on any atom is 0.407 e. The Morgan fingerprint density at radius 2 is 0.514 bits per heavy atom. The summed E-state index contributed by atoms with van der Waals surface area (Å²) < 4.78 is 52.6. The fraction of sp³-hybridized carbons (Fsp3) is 0.311. The third-order valence-electron chi connectivity index (χ3n) is 23.5. The van der Waals surface area contributed by atoms with Gasteiger partial charge in [0.05, 0.1) is 49.6 Å². The van der Waals surface area contributed by atoms with E-state index >= 15 is 0 Å². The molecular formula is C119H146N4O17Si4. The van der Waals surface area contributed by atoms with E-state index in [1.165, 1.54) is 0 Å². The first-order chi connectivity index (χ1) is 68.2. The summed E-state index contributed by atoms with van der Waals surface area (Å²) in [5, 5.41) is 11.7. The van der Waals surface area contributed by atoms with Crippen molar-refractivity contribution >= 4 is 97.3 Å². The number of hydrogen-bond acceptors (Lipinski definition) is 17. The smallest absolute Gasteiger partial charge is 0.407 e. The van der Waals surface area contributed by atoms with Gasteiger partial charge in [-0.3, -0.25) is 19.2 Å². The Labute approximate surface area is 857 Å². The van der Waals surface area contributed by atoms with E-state index in [4.69, 9.17) is 41.4 Å². The molecule has 0 radical (unpaired) electrons. The zero-order chi connectivity index (χ0) is 105. The number of alkyl carbamates (subject to hydrolysis) is 2. The van der Waals surface area contributed by atoms with Crippen LogP contribution in [0.1, 0.15) is 192 Å². The molecule has 11 aromatic rings. The van der Waals surface area contributed by atoms with Gasteiger partial charge in [0.2, 0.25) is 0 Å². The van der Waals surface area contributed by atoms with Gasteiger partial charge in [0.1, 0.15) is 42.8 Å². The largest absolute Gasteiger partial charge is 0.494 e. The van der Waals surface area contributed by atoms with E-state index in [0.29, 0.717) is 101 Å². The second-order valence-corrected chi connectivity index (χ2v) is 57.4. The van der Waals surface area contributed by atoms with Gasteiger partial charge in [-0.1, -0.05) is 219 Å². The highest BCUT2D eigenvalue weighted by atomic mass is 28.4. The van der Waals surface area contributed by atoms with E-state index in [2.05, 4.69) is 106 Å². The zero-order valence-corrected chi connectivity index (χ0v) is 91.3. The maximum atomic E-state index is 12.6. The lowest BCUT2D eigenvalue weighted by Crippen LogP contribution is -2.47. The molecule has 144 heavy (non-hydrogen) atoms. The summed E-state index contributed by atoms with van der Waals surface area (Å²) in [6, 6.07) is 93.0. The number of carbonyl (C=O) groups is 8. The summed E-state index contributed by atoms with van der Waals surface area (Å²) in [6.07, 6.45) is 2.48. The highest BCUT2D eigenvalue weighted by Gasteiger charge is 2.35. The molecule has 0 fully saturated rings. The molecule has 0 spiro atoms. The number of urea groups is 1. The molecule has 0 unspecified atom stereocenters. The van der Waals surface area contributed by atoms with E-state index in [-0.39, 0.29) is 48.3 Å². The fourth-order valence-electron chi connectivity index (χ4n) is 15.6. The minimum Gasteiger partial charge on any atom is -0.494 e. The summed E-state index contributed by atoms with van der Waals surface area (Å²) in [5.41, 5.74) is 12.9. The van der Waals surface area contributed by atoms with Crippen LogP contribution in [0.5, 0.6) is 23.0 Å². The molecule has 0 aliphatic heterocycles. The Morgan fingerprint density at radius 1 is 0.271 bits per heavy atom. The lowest BCUT2D eigenvalue weighted by molar-refractivity contribution is -0.138. The minimum atomic E-state index is -1.93. The van der Waals surface area contributed by atoms with Gasteiger partial charge in [-0.25, -0.2) is 19.2 Å². The molecule has 21 nitrogen and oxygen atoms in total. The molecule has 0 saturated heterocycles. The molecule has 0 aromatic heterocycles. The Bertz CT molecular complexity index is 5890. The van der Waals surface area contributed by atoms with Crippen molar-refractivity contribution in [1.29, 1.82) is 0 Å². The Kier molecular flexibility index (Phi) is 44.8. The van der Waals surface area contributed by atoms with Crippen LogP contribution in [0.3, 0.4) is 0 Å². The number of hydrogen-bond donors (Lipinski definition) is 4. The number of esters is 1. The van der Waals surface area contributed by atoms with Crippen molar-refractivity contribution in [3.05, 3.63) is 401 Å². The van der Waals surface area contributed by atoms with Crippen LogP contribution < -0.4 is 40.2 Å². The van der Waals surface area contributed by atoms with E-state index in [9.17, 15) is 38.4 Å². The Morgan fingerprint density at radius 3 is 0.799 bits per heavy atom.